The Morgan fingerprint density at radius 1 is 1.00 bits per heavy atom. The Morgan fingerprint density at radius 3 is 2.00 bits per heavy atom. The Bertz CT molecular complexity index is 878. The summed E-state index contributed by atoms with van der Waals surface area (Å²) in [6.07, 6.45) is 0. The lowest BCUT2D eigenvalue weighted by Gasteiger charge is -2.13. The van der Waals surface area contributed by atoms with E-state index >= 15 is 0 Å². The lowest BCUT2D eigenvalue weighted by molar-refractivity contribution is 0.319. The molecular formula is C15H24N4O6S2. The third kappa shape index (κ3) is 8.08. The highest BCUT2D eigenvalue weighted by Gasteiger charge is 2.14. The number of pyridine rings is 1. The first-order chi connectivity index (χ1) is 12.6. The molecule has 0 bridgehead atoms. The van der Waals surface area contributed by atoms with E-state index in [0.29, 0.717) is 11.4 Å². The molecule has 1 rings (SSSR count). The topological polar surface area (TPSA) is 169 Å². The van der Waals surface area contributed by atoms with Crippen molar-refractivity contribution in [3.05, 3.63) is 17.2 Å². The van der Waals surface area contributed by atoms with E-state index in [1.54, 1.807) is 13.0 Å². The number of aromatic nitrogens is 1. The molecule has 0 saturated carbocycles. The average Bonchev–Trinajstić information content (AvgIpc) is 2.54. The number of aryl methyl sites for hydroxylation is 1. The molecule has 0 aliphatic heterocycles. The van der Waals surface area contributed by atoms with Crippen molar-refractivity contribution >= 4 is 31.3 Å². The Balaban J connectivity index is 2.82. The summed E-state index contributed by atoms with van der Waals surface area (Å²) >= 11 is 0. The second-order valence-corrected chi connectivity index (χ2v) is 10.4. The van der Waals surface area contributed by atoms with Crippen molar-refractivity contribution in [2.24, 2.45) is 0 Å². The molecule has 0 fully saturated rings. The van der Waals surface area contributed by atoms with Gasteiger partial charge in [0, 0.05) is 13.1 Å². The van der Waals surface area contributed by atoms with Crippen molar-refractivity contribution in [2.75, 3.05) is 59.9 Å². The second kappa shape index (κ2) is 10.4. The van der Waals surface area contributed by atoms with Gasteiger partial charge < -0.3 is 20.8 Å². The van der Waals surface area contributed by atoms with Crippen LogP contribution in [0.1, 0.15) is 11.1 Å². The van der Waals surface area contributed by atoms with Crippen molar-refractivity contribution in [2.45, 2.75) is 6.92 Å². The molecule has 4 N–H and O–H groups in total. The molecule has 1 aromatic heterocycles. The predicted octanol–water partition coefficient (Wildman–Crippen LogP) is -1.10. The molecule has 0 aromatic carbocycles. The van der Waals surface area contributed by atoms with Crippen molar-refractivity contribution in [3.63, 3.8) is 0 Å². The van der Waals surface area contributed by atoms with E-state index in [0.717, 1.165) is 0 Å². The van der Waals surface area contributed by atoms with Crippen molar-refractivity contribution in [1.82, 2.24) is 4.98 Å². The molecule has 27 heavy (non-hydrogen) atoms. The van der Waals surface area contributed by atoms with E-state index in [1.165, 1.54) is 0 Å². The van der Waals surface area contributed by atoms with Gasteiger partial charge in [-0.1, -0.05) is 0 Å². The highest BCUT2D eigenvalue weighted by Crippen LogP contribution is 2.20. The maximum Gasteiger partial charge on any atom is 0.154 e. The van der Waals surface area contributed by atoms with Gasteiger partial charge in [0.2, 0.25) is 0 Å². The number of aliphatic hydroxyl groups excluding tert-OH is 2. The van der Waals surface area contributed by atoms with Gasteiger partial charge in [0.1, 0.15) is 17.7 Å². The van der Waals surface area contributed by atoms with E-state index < -0.39 is 32.9 Å². The Kier molecular flexibility index (Phi) is 8.91. The van der Waals surface area contributed by atoms with Gasteiger partial charge in [-0.2, -0.15) is 5.26 Å². The highest BCUT2D eigenvalue weighted by molar-refractivity contribution is 7.91. The average molecular weight is 421 g/mol. The molecule has 1 aromatic rings. The first-order valence-electron chi connectivity index (χ1n) is 8.16. The van der Waals surface area contributed by atoms with Crippen LogP contribution in [0, 0.1) is 18.3 Å². The van der Waals surface area contributed by atoms with E-state index in [2.05, 4.69) is 15.6 Å². The molecule has 1 heterocycles. The quantitative estimate of drug-likeness (QED) is 0.325. The van der Waals surface area contributed by atoms with Crippen LogP contribution in [0.4, 0.5) is 11.6 Å². The Morgan fingerprint density at radius 2 is 1.52 bits per heavy atom. The monoisotopic (exact) mass is 420 g/mol. The molecule has 0 atom stereocenters. The van der Waals surface area contributed by atoms with Crippen LogP contribution in [0.25, 0.3) is 0 Å². The zero-order valence-corrected chi connectivity index (χ0v) is 16.6. The minimum Gasteiger partial charge on any atom is -0.395 e. The van der Waals surface area contributed by atoms with Crippen molar-refractivity contribution < 1.29 is 27.0 Å². The van der Waals surface area contributed by atoms with E-state index in [1.807, 2.05) is 6.07 Å². The zero-order chi connectivity index (χ0) is 20.5. The maximum absolute atomic E-state index is 11.6. The minimum atomic E-state index is -3.40. The van der Waals surface area contributed by atoms with E-state index in [4.69, 9.17) is 10.2 Å². The fourth-order valence-electron chi connectivity index (χ4n) is 2.17. The van der Waals surface area contributed by atoms with E-state index in [-0.39, 0.29) is 47.5 Å². The molecule has 0 spiro atoms. The number of nitrogens with one attached hydrogen (secondary N) is 2. The zero-order valence-electron chi connectivity index (χ0n) is 15.0. The lowest BCUT2D eigenvalue weighted by atomic mass is 10.1. The molecule has 10 nitrogen and oxygen atoms in total. The Labute approximate surface area is 159 Å². The summed E-state index contributed by atoms with van der Waals surface area (Å²) in [5, 5.41) is 32.4. The van der Waals surface area contributed by atoms with Gasteiger partial charge in [0.25, 0.3) is 0 Å². The van der Waals surface area contributed by atoms with Crippen LogP contribution >= 0.6 is 0 Å². The largest absolute Gasteiger partial charge is 0.395 e. The number of aliphatic hydroxyl groups is 2. The SMILES string of the molecule is Cc1cc(NCCS(=O)(=O)CCO)nc(NCCS(=O)(=O)CCO)c1C#N. The smallest absolute Gasteiger partial charge is 0.154 e. The number of nitriles is 1. The van der Waals surface area contributed by atoms with Gasteiger partial charge in [-0.25, -0.2) is 21.8 Å². The molecule has 0 aliphatic carbocycles. The van der Waals surface area contributed by atoms with Gasteiger partial charge in [0.05, 0.1) is 41.8 Å². The molecule has 0 saturated heterocycles. The third-order valence-electron chi connectivity index (χ3n) is 3.56. The number of hydrogen-bond donors (Lipinski definition) is 4. The number of rotatable bonds is 12. The molecule has 152 valence electrons. The summed E-state index contributed by atoms with van der Waals surface area (Å²) in [6, 6.07) is 3.58. The van der Waals surface area contributed by atoms with Crippen LogP contribution in [0.2, 0.25) is 0 Å². The molecule has 0 amide bonds. The normalized spacial score (nSPS) is 11.8. The minimum absolute atomic E-state index is 0.0117. The summed E-state index contributed by atoms with van der Waals surface area (Å²) in [6.45, 7) is 0.871. The first-order valence-corrected chi connectivity index (χ1v) is 11.8. The fourth-order valence-corrected chi connectivity index (χ4v) is 3.96. The van der Waals surface area contributed by atoms with Gasteiger partial charge in [0.15, 0.2) is 19.7 Å². The predicted molar refractivity (Wildman–Crippen MR) is 102 cm³/mol. The summed E-state index contributed by atoms with van der Waals surface area (Å²) in [5.74, 6) is -0.532. The lowest BCUT2D eigenvalue weighted by Crippen LogP contribution is -2.22. The number of hydrogen-bond acceptors (Lipinski definition) is 10. The van der Waals surface area contributed by atoms with Crippen molar-refractivity contribution in [3.8, 4) is 6.07 Å². The van der Waals surface area contributed by atoms with Crippen LogP contribution < -0.4 is 10.6 Å². The summed E-state index contributed by atoms with van der Waals surface area (Å²) < 4.78 is 46.4. The van der Waals surface area contributed by atoms with Gasteiger partial charge >= 0.3 is 0 Å². The summed E-state index contributed by atoms with van der Waals surface area (Å²) in [7, 11) is -6.77. The van der Waals surface area contributed by atoms with Gasteiger partial charge in [-0.05, 0) is 18.6 Å². The number of nitrogens with zero attached hydrogens (tertiary/aromatic N) is 2. The van der Waals surface area contributed by atoms with E-state index in [9.17, 15) is 22.1 Å². The summed E-state index contributed by atoms with van der Waals surface area (Å²) in [4.78, 5) is 4.20. The first kappa shape index (κ1) is 23.1. The van der Waals surface area contributed by atoms with Crippen LogP contribution in [-0.2, 0) is 19.7 Å². The third-order valence-corrected chi connectivity index (χ3v) is 6.82. The fraction of sp³-hybridized carbons (Fsp3) is 0.600. The standard InChI is InChI=1S/C15H24N4O6S2/c1-12-10-14(17-2-6-26(22,23)8-4-20)19-15(13(12)11-16)18-3-7-27(24,25)9-5-21/h10,20-21H,2-9H2,1H3,(H2,17,18,19). The maximum atomic E-state index is 11.6. The number of sulfone groups is 2. The molecule has 0 radical (unpaired) electrons. The molecule has 0 aliphatic rings. The summed E-state index contributed by atoms with van der Waals surface area (Å²) in [5.41, 5.74) is 0.849. The van der Waals surface area contributed by atoms with Gasteiger partial charge in [-0.3, -0.25) is 0 Å². The Hall–Kier alpha value is -1.94. The van der Waals surface area contributed by atoms with Gasteiger partial charge in [-0.15, -0.1) is 0 Å². The molecule has 12 heteroatoms. The van der Waals surface area contributed by atoms with Crippen LogP contribution in [0.15, 0.2) is 6.07 Å². The second-order valence-electron chi connectivity index (χ2n) is 5.76. The highest BCUT2D eigenvalue weighted by atomic mass is 32.2. The van der Waals surface area contributed by atoms with Crippen LogP contribution in [-0.4, -0.2) is 81.3 Å². The molecular weight excluding hydrogens is 396 g/mol. The van der Waals surface area contributed by atoms with Crippen LogP contribution in [0.3, 0.4) is 0 Å². The van der Waals surface area contributed by atoms with Crippen LogP contribution in [0.5, 0.6) is 0 Å². The molecule has 0 unspecified atom stereocenters. The van der Waals surface area contributed by atoms with Crippen molar-refractivity contribution in [1.29, 1.82) is 5.26 Å². The number of anilines is 2.